The minimum atomic E-state index is -1.54. The zero-order chi connectivity index (χ0) is 69.2. The molecule has 0 N–H and O–H groups in total. The zero-order valence-corrected chi connectivity index (χ0v) is 56.2. The molecule has 1 saturated heterocycles. The van der Waals surface area contributed by atoms with Gasteiger partial charge < -0.3 is 75.8 Å². The monoisotopic (exact) mass is 1310 g/mol. The first-order valence-electron chi connectivity index (χ1n) is 31.4. The van der Waals surface area contributed by atoms with Crippen LogP contribution in [0.4, 0.5) is 0 Å². The second-order valence-corrected chi connectivity index (χ2v) is 25.0. The van der Waals surface area contributed by atoms with E-state index in [4.69, 9.17) is 75.8 Å². The van der Waals surface area contributed by atoms with Crippen LogP contribution >= 0.6 is 0 Å². The van der Waals surface area contributed by atoms with E-state index in [1.807, 2.05) is 0 Å². The van der Waals surface area contributed by atoms with Crippen LogP contribution < -0.4 is 0 Å². The number of rotatable bonds is 18. The SMILES string of the molecule is C=C(C)C(=O)OC(C)C(OC(=O)C(=C)C)OC(C)C(=O)OCOC(=O)C(C)OC(OC(=O)C(=C)C)C(C)OC(=O)C(=C)C.CC1OC2CC(OC(C)C(=O)OCOC(=O)C(C)OC3CCC(OC(C)C(=O)OCOC1=O)C1CCC3C(C)C1C)C1CC2C(C)CC1C. The van der Waals surface area contributed by atoms with E-state index in [1.165, 1.54) is 55.4 Å². The van der Waals surface area contributed by atoms with Crippen molar-refractivity contribution >= 4 is 59.7 Å². The number of carbonyl (C=O) groups is 10. The molecule has 0 spiro atoms. The first kappa shape index (κ1) is 77.9. The van der Waals surface area contributed by atoms with Crippen molar-refractivity contribution in [1.29, 1.82) is 0 Å². The van der Waals surface area contributed by atoms with Gasteiger partial charge in [0.2, 0.25) is 33.0 Å². The largest absolute Gasteiger partial charge is 0.453 e. The van der Waals surface area contributed by atoms with Crippen molar-refractivity contribution in [3.8, 4) is 0 Å². The molecule has 22 atom stereocenters. The minimum absolute atomic E-state index is 0.0190. The highest BCUT2D eigenvalue weighted by Crippen LogP contribution is 2.50. The molecular weight excluding hydrogens is 1210 g/mol. The van der Waals surface area contributed by atoms with Gasteiger partial charge in [0.15, 0.2) is 48.8 Å². The second-order valence-electron chi connectivity index (χ2n) is 25.0. The molecule has 22 unspecified atom stereocenters. The summed E-state index contributed by atoms with van der Waals surface area (Å²) in [5, 5.41) is 0. The third kappa shape index (κ3) is 22.9. The molecule has 8 bridgehead atoms. The molecule has 5 aliphatic carbocycles. The summed E-state index contributed by atoms with van der Waals surface area (Å²) in [7, 11) is 0. The van der Waals surface area contributed by atoms with Gasteiger partial charge in [0.05, 0.1) is 24.4 Å². The third-order valence-electron chi connectivity index (χ3n) is 17.5. The molecule has 0 radical (unpaired) electrons. The maximum absolute atomic E-state index is 13.0. The molecule has 518 valence electrons. The molecule has 6 aliphatic rings. The van der Waals surface area contributed by atoms with Gasteiger partial charge in [0.25, 0.3) is 0 Å². The molecule has 26 nitrogen and oxygen atoms in total. The molecule has 0 aromatic rings. The van der Waals surface area contributed by atoms with Crippen molar-refractivity contribution in [2.24, 2.45) is 47.3 Å². The molecule has 0 amide bonds. The molecule has 6 fully saturated rings. The lowest BCUT2D eigenvalue weighted by Gasteiger charge is -2.50. The number of hydrogen-bond donors (Lipinski definition) is 0. The number of ether oxygens (including phenoxy) is 16. The van der Waals surface area contributed by atoms with Crippen LogP contribution in [0.3, 0.4) is 0 Å². The Labute approximate surface area is 539 Å². The summed E-state index contributed by atoms with van der Waals surface area (Å²) in [5.41, 5.74) is 0.190. The molecule has 0 aromatic carbocycles. The fourth-order valence-corrected chi connectivity index (χ4v) is 11.9. The summed E-state index contributed by atoms with van der Waals surface area (Å²) < 4.78 is 87.8. The Hall–Kier alpha value is -6.58. The van der Waals surface area contributed by atoms with E-state index in [0.29, 0.717) is 42.9 Å². The van der Waals surface area contributed by atoms with Gasteiger partial charge in [-0.2, -0.15) is 0 Å². The lowest BCUT2D eigenvalue weighted by molar-refractivity contribution is -0.229. The first-order valence-corrected chi connectivity index (χ1v) is 31.4. The number of cyclic esters (lactones) is 4. The maximum atomic E-state index is 13.0. The van der Waals surface area contributed by atoms with Gasteiger partial charge in [-0.05, 0) is 169 Å². The average molecular weight is 1310 g/mol. The lowest BCUT2D eigenvalue weighted by Crippen LogP contribution is -2.52. The smallest absolute Gasteiger partial charge is 0.338 e. The number of hydrogen-bond acceptors (Lipinski definition) is 26. The Morgan fingerprint density at radius 2 is 0.707 bits per heavy atom. The van der Waals surface area contributed by atoms with Gasteiger partial charge in [-0.25, -0.2) is 47.9 Å². The van der Waals surface area contributed by atoms with E-state index in [9.17, 15) is 47.9 Å². The van der Waals surface area contributed by atoms with Crippen LogP contribution in [0.1, 0.15) is 156 Å². The van der Waals surface area contributed by atoms with E-state index in [-0.39, 0.29) is 70.4 Å². The van der Waals surface area contributed by atoms with Crippen molar-refractivity contribution in [2.45, 2.75) is 242 Å². The highest BCUT2D eigenvalue weighted by Gasteiger charge is 2.49. The topological polar surface area (TPSA) is 318 Å². The molecule has 1 aliphatic heterocycles. The normalized spacial score (nSPS) is 31.7. The molecule has 92 heavy (non-hydrogen) atoms. The standard InChI is InChI=1S/C37H58O12.C29H40O14/c1-18-13-19(2)29-14-28(18)32-15-33(29)49-25(8)37(41)45-17-43-35(39)23(6)47-31-12-11-30(26-9-10-27(31)21(4)20(26)3)46-22(5)34(38)42-16-44-36(40)24(7)48-32;1-14(2)22(30)38-20(11)28(42-24(32)16(5)6)40-18(9)26(34)36-13-37-27(35)19(10)41-29(43-25(33)17(7)8)21(12)39-23(31)15(3)4/h18-33H,9-17H2,1-8H3;18-21,28-29H,1,3,5,7,13H2,2,4,6,8-12H3. The Balaban J connectivity index is 0.000000397. The second kappa shape index (κ2) is 36.2. The lowest BCUT2D eigenvalue weighted by atomic mass is 9.61. The van der Waals surface area contributed by atoms with Crippen molar-refractivity contribution in [3.63, 3.8) is 0 Å². The first-order chi connectivity index (χ1) is 43.0. The Kier molecular flexibility index (Phi) is 30.6. The van der Waals surface area contributed by atoms with E-state index < -0.39 is 141 Å². The fraction of sp³-hybridized carbons (Fsp3) is 0.727. The molecular formula is C66H98O26. The van der Waals surface area contributed by atoms with Gasteiger partial charge in [-0.3, -0.25) is 0 Å². The highest BCUT2D eigenvalue weighted by molar-refractivity contribution is 5.89. The van der Waals surface area contributed by atoms with Crippen molar-refractivity contribution in [1.82, 2.24) is 0 Å². The van der Waals surface area contributed by atoms with Crippen LogP contribution in [0.5, 0.6) is 0 Å². The predicted molar refractivity (Wildman–Crippen MR) is 323 cm³/mol. The Morgan fingerprint density at radius 1 is 0.413 bits per heavy atom. The van der Waals surface area contributed by atoms with Crippen molar-refractivity contribution < 1.29 is 124 Å². The summed E-state index contributed by atoms with van der Waals surface area (Å²) in [5.74, 6) is -5.55. The van der Waals surface area contributed by atoms with Crippen molar-refractivity contribution in [2.75, 3.05) is 20.4 Å². The summed E-state index contributed by atoms with van der Waals surface area (Å²) in [4.78, 5) is 125. The molecule has 0 aromatic heterocycles. The Bertz CT molecular complexity index is 2480. The van der Waals surface area contributed by atoms with Crippen molar-refractivity contribution in [3.05, 3.63) is 48.6 Å². The summed E-state index contributed by atoms with van der Waals surface area (Å²) in [6.07, 6.45) is -7.35. The van der Waals surface area contributed by atoms with Crippen LogP contribution in [0.25, 0.3) is 0 Å². The van der Waals surface area contributed by atoms with Crippen LogP contribution in [0.15, 0.2) is 48.6 Å². The summed E-state index contributed by atoms with van der Waals surface area (Å²) in [6, 6.07) is 0. The van der Waals surface area contributed by atoms with Gasteiger partial charge in [0, 0.05) is 28.7 Å². The van der Waals surface area contributed by atoms with Crippen LogP contribution in [-0.2, 0) is 124 Å². The predicted octanol–water partition coefficient (Wildman–Crippen LogP) is 7.72. The number of esters is 10. The van der Waals surface area contributed by atoms with Gasteiger partial charge in [-0.15, -0.1) is 0 Å². The third-order valence-corrected chi connectivity index (χ3v) is 17.5. The van der Waals surface area contributed by atoms with E-state index >= 15 is 0 Å². The number of fused-ring (bicyclic) bond motifs is 8. The van der Waals surface area contributed by atoms with Crippen LogP contribution in [0.2, 0.25) is 0 Å². The average Bonchev–Trinajstić information content (AvgIpc) is 0.790. The zero-order valence-electron chi connectivity index (χ0n) is 56.2. The molecule has 26 heteroatoms. The van der Waals surface area contributed by atoms with E-state index in [0.717, 1.165) is 25.7 Å². The highest BCUT2D eigenvalue weighted by atomic mass is 16.8. The fourth-order valence-electron chi connectivity index (χ4n) is 11.9. The van der Waals surface area contributed by atoms with Crippen LogP contribution in [-0.4, -0.2) is 166 Å². The maximum Gasteiger partial charge on any atom is 0.338 e. The molecule has 5 saturated carbocycles. The van der Waals surface area contributed by atoms with Gasteiger partial charge in [0.1, 0.15) is 0 Å². The summed E-state index contributed by atoms with van der Waals surface area (Å²) in [6.45, 7) is 38.1. The van der Waals surface area contributed by atoms with Crippen LogP contribution in [0, 0.1) is 47.3 Å². The summed E-state index contributed by atoms with van der Waals surface area (Å²) >= 11 is 0. The van der Waals surface area contributed by atoms with Gasteiger partial charge >= 0.3 is 59.7 Å². The number of carbonyl (C=O) groups excluding carboxylic acids is 10. The minimum Gasteiger partial charge on any atom is -0.453 e. The van der Waals surface area contributed by atoms with E-state index in [2.05, 4.69) is 54.0 Å². The Morgan fingerprint density at radius 3 is 1.01 bits per heavy atom. The van der Waals surface area contributed by atoms with Gasteiger partial charge in [-0.1, -0.05) is 54.0 Å². The van der Waals surface area contributed by atoms with E-state index in [1.54, 1.807) is 27.7 Å². The molecule has 1 heterocycles. The quantitative estimate of drug-likeness (QED) is 0.0548. The molecule has 6 rings (SSSR count).